The quantitative estimate of drug-likeness (QED) is 0.723. The Hall–Kier alpha value is -3.14. The average molecular weight is 444 g/mol. The first-order valence-electron chi connectivity index (χ1n) is 10.3. The molecular weight excluding hydrogens is 418 g/mol. The lowest BCUT2D eigenvalue weighted by Crippen LogP contribution is -2.41. The number of aromatic nitrogens is 1. The van der Waals surface area contributed by atoms with Crippen molar-refractivity contribution in [1.29, 1.82) is 0 Å². The van der Waals surface area contributed by atoms with E-state index in [1.54, 1.807) is 42.6 Å². The lowest BCUT2D eigenvalue weighted by atomic mass is 9.97. The molecule has 31 heavy (non-hydrogen) atoms. The minimum atomic E-state index is -3.31. The van der Waals surface area contributed by atoms with E-state index in [-0.39, 0.29) is 23.5 Å². The summed E-state index contributed by atoms with van der Waals surface area (Å²) in [5.41, 5.74) is 6.82. The van der Waals surface area contributed by atoms with Crippen molar-refractivity contribution >= 4 is 39.0 Å². The van der Waals surface area contributed by atoms with E-state index >= 15 is 0 Å². The van der Waals surface area contributed by atoms with Crippen LogP contribution in [-0.2, 0) is 14.8 Å². The first kappa shape index (κ1) is 21.1. The summed E-state index contributed by atoms with van der Waals surface area (Å²) in [4.78, 5) is 30.6. The van der Waals surface area contributed by atoms with Crippen LogP contribution in [0.1, 0.15) is 29.6 Å². The number of pyridine rings is 1. The third-order valence-corrected chi connectivity index (χ3v) is 7.52. The van der Waals surface area contributed by atoms with Crippen molar-refractivity contribution < 1.29 is 18.0 Å². The monoisotopic (exact) mass is 443 g/mol. The van der Waals surface area contributed by atoms with Gasteiger partial charge in [-0.15, -0.1) is 0 Å². The molecule has 2 aliphatic heterocycles. The summed E-state index contributed by atoms with van der Waals surface area (Å²) in [5, 5.41) is 2.79. The minimum Gasteiger partial charge on any atom is -0.369 e. The number of rotatable bonds is 5. The van der Waals surface area contributed by atoms with Crippen LogP contribution in [0.2, 0.25) is 0 Å². The van der Waals surface area contributed by atoms with Crippen LogP contribution in [-0.4, -0.2) is 50.6 Å². The number of benzene rings is 1. The number of sulfonamides is 1. The SMILES string of the molecule is NC(=O)C1CCCN(c2ccc(NC(=O)c3cccc(N4CCCS4(=O)=O)c3)cn2)C1. The first-order valence-corrected chi connectivity index (χ1v) is 11.9. The Labute approximate surface area is 181 Å². The van der Waals surface area contributed by atoms with Gasteiger partial charge in [-0.05, 0) is 49.6 Å². The highest BCUT2D eigenvalue weighted by atomic mass is 32.2. The fourth-order valence-electron chi connectivity index (χ4n) is 4.00. The van der Waals surface area contributed by atoms with Gasteiger partial charge in [0.2, 0.25) is 15.9 Å². The summed E-state index contributed by atoms with van der Waals surface area (Å²) in [6.07, 6.45) is 3.80. The van der Waals surface area contributed by atoms with Crippen molar-refractivity contribution in [3.63, 3.8) is 0 Å². The first-order chi connectivity index (χ1) is 14.8. The molecule has 0 saturated carbocycles. The molecule has 2 amide bonds. The maximum Gasteiger partial charge on any atom is 0.255 e. The molecule has 0 bridgehead atoms. The Morgan fingerprint density at radius 1 is 1.13 bits per heavy atom. The van der Waals surface area contributed by atoms with E-state index in [1.807, 2.05) is 4.90 Å². The van der Waals surface area contributed by atoms with Crippen LogP contribution in [0.3, 0.4) is 0 Å². The fourth-order valence-corrected chi connectivity index (χ4v) is 5.56. The summed E-state index contributed by atoms with van der Waals surface area (Å²) < 4.78 is 25.6. The Balaban J connectivity index is 1.43. The molecule has 4 rings (SSSR count). The van der Waals surface area contributed by atoms with E-state index in [2.05, 4.69) is 10.3 Å². The van der Waals surface area contributed by atoms with Crippen LogP contribution in [0.15, 0.2) is 42.6 Å². The van der Waals surface area contributed by atoms with Crippen molar-refractivity contribution in [1.82, 2.24) is 4.98 Å². The highest BCUT2D eigenvalue weighted by Gasteiger charge is 2.29. The molecule has 164 valence electrons. The van der Waals surface area contributed by atoms with Gasteiger partial charge in [0.1, 0.15) is 5.82 Å². The Kier molecular flexibility index (Phi) is 5.81. The Bertz CT molecular complexity index is 1090. The van der Waals surface area contributed by atoms with Crippen molar-refractivity contribution in [2.45, 2.75) is 19.3 Å². The van der Waals surface area contributed by atoms with Gasteiger partial charge >= 0.3 is 0 Å². The maximum atomic E-state index is 12.7. The standard InChI is InChI=1S/C21H25N5O4S/c22-20(27)16-5-2-9-25(14-16)19-8-7-17(13-23-19)24-21(28)15-4-1-6-18(12-15)26-10-3-11-31(26,29)30/h1,4,6-8,12-13,16H,2-3,5,9-11,14H2,(H2,22,27)(H,24,28). The molecule has 3 N–H and O–H groups in total. The van der Waals surface area contributed by atoms with Crippen molar-refractivity contribution in [3.8, 4) is 0 Å². The van der Waals surface area contributed by atoms with E-state index in [0.29, 0.717) is 36.4 Å². The van der Waals surface area contributed by atoms with Gasteiger partial charge in [0.15, 0.2) is 0 Å². The predicted octanol–water partition coefficient (Wildman–Crippen LogP) is 1.58. The second kappa shape index (κ2) is 8.54. The number of nitrogens with zero attached hydrogens (tertiary/aromatic N) is 3. The van der Waals surface area contributed by atoms with Gasteiger partial charge in [-0.2, -0.15) is 0 Å². The van der Waals surface area contributed by atoms with Gasteiger partial charge in [0.25, 0.3) is 5.91 Å². The predicted molar refractivity (Wildman–Crippen MR) is 119 cm³/mol. The summed E-state index contributed by atoms with van der Waals surface area (Å²) in [6.45, 7) is 1.76. The van der Waals surface area contributed by atoms with Crippen molar-refractivity contribution in [2.24, 2.45) is 11.7 Å². The number of nitrogens with one attached hydrogen (secondary N) is 1. The summed E-state index contributed by atoms with van der Waals surface area (Å²) in [6, 6.07) is 10.1. The molecule has 3 heterocycles. The molecule has 0 radical (unpaired) electrons. The number of carbonyl (C=O) groups is 2. The van der Waals surface area contributed by atoms with E-state index in [4.69, 9.17) is 5.73 Å². The largest absolute Gasteiger partial charge is 0.369 e. The van der Waals surface area contributed by atoms with E-state index in [1.165, 1.54) is 4.31 Å². The van der Waals surface area contributed by atoms with Crippen LogP contribution in [0.25, 0.3) is 0 Å². The molecule has 0 spiro atoms. The molecule has 2 aliphatic rings. The third kappa shape index (κ3) is 4.63. The molecular formula is C21H25N5O4S. The number of hydrogen-bond donors (Lipinski definition) is 2. The zero-order chi connectivity index (χ0) is 22.0. The van der Waals surface area contributed by atoms with Gasteiger partial charge < -0.3 is 16.0 Å². The second-order valence-corrected chi connectivity index (χ2v) is 9.85. The molecule has 2 fully saturated rings. The smallest absolute Gasteiger partial charge is 0.255 e. The number of piperidine rings is 1. The highest BCUT2D eigenvalue weighted by Crippen LogP contribution is 2.26. The van der Waals surface area contributed by atoms with Crippen LogP contribution in [0.5, 0.6) is 0 Å². The lowest BCUT2D eigenvalue weighted by Gasteiger charge is -2.32. The zero-order valence-corrected chi connectivity index (χ0v) is 17.8. The van der Waals surface area contributed by atoms with Gasteiger partial charge in [-0.3, -0.25) is 13.9 Å². The fraction of sp³-hybridized carbons (Fsp3) is 0.381. The molecule has 1 aromatic carbocycles. The van der Waals surface area contributed by atoms with Crippen LogP contribution < -0.4 is 20.3 Å². The van der Waals surface area contributed by atoms with Crippen LogP contribution >= 0.6 is 0 Å². The number of nitrogens with two attached hydrogens (primary N) is 1. The van der Waals surface area contributed by atoms with Crippen molar-refractivity contribution in [2.75, 3.05) is 39.9 Å². The third-order valence-electron chi connectivity index (χ3n) is 5.65. The van der Waals surface area contributed by atoms with E-state index < -0.39 is 10.0 Å². The molecule has 2 aromatic rings. The minimum absolute atomic E-state index is 0.124. The van der Waals surface area contributed by atoms with Gasteiger partial charge in [-0.25, -0.2) is 13.4 Å². The average Bonchev–Trinajstić information content (AvgIpc) is 3.13. The van der Waals surface area contributed by atoms with Crippen LogP contribution in [0, 0.1) is 5.92 Å². The number of carbonyl (C=O) groups excluding carboxylic acids is 2. The lowest BCUT2D eigenvalue weighted by molar-refractivity contribution is -0.122. The van der Waals surface area contributed by atoms with E-state index in [0.717, 1.165) is 25.2 Å². The summed E-state index contributed by atoms with van der Waals surface area (Å²) in [5.74, 6) is 0.0302. The second-order valence-electron chi connectivity index (χ2n) is 7.84. The molecule has 10 heteroatoms. The van der Waals surface area contributed by atoms with Gasteiger partial charge in [-0.1, -0.05) is 6.07 Å². The molecule has 0 aliphatic carbocycles. The Morgan fingerprint density at radius 3 is 2.65 bits per heavy atom. The highest BCUT2D eigenvalue weighted by molar-refractivity contribution is 7.93. The molecule has 1 atom stereocenters. The summed E-state index contributed by atoms with van der Waals surface area (Å²) >= 11 is 0. The molecule has 1 unspecified atom stereocenters. The number of amides is 2. The topological polar surface area (TPSA) is 126 Å². The van der Waals surface area contributed by atoms with Gasteiger partial charge in [0, 0.05) is 25.2 Å². The molecule has 2 saturated heterocycles. The zero-order valence-electron chi connectivity index (χ0n) is 17.0. The number of hydrogen-bond acceptors (Lipinski definition) is 6. The van der Waals surface area contributed by atoms with E-state index in [9.17, 15) is 18.0 Å². The normalized spacial score (nSPS) is 20.5. The molecule has 1 aromatic heterocycles. The number of primary amides is 1. The van der Waals surface area contributed by atoms with Gasteiger partial charge in [0.05, 0.1) is 29.2 Å². The van der Waals surface area contributed by atoms with Crippen LogP contribution in [0.4, 0.5) is 17.2 Å². The maximum absolute atomic E-state index is 12.7. The molecule has 9 nitrogen and oxygen atoms in total. The van der Waals surface area contributed by atoms with Crippen molar-refractivity contribution in [3.05, 3.63) is 48.2 Å². The Morgan fingerprint density at radius 2 is 1.97 bits per heavy atom. The number of anilines is 3. The summed E-state index contributed by atoms with van der Waals surface area (Å²) in [7, 11) is -3.31.